The maximum atomic E-state index is 12.3. The molecule has 20 heavy (non-hydrogen) atoms. The summed E-state index contributed by atoms with van der Waals surface area (Å²) in [6.45, 7) is -1.27. The van der Waals surface area contributed by atoms with Crippen molar-refractivity contribution in [3.8, 4) is 0 Å². The molecule has 2 rings (SSSR count). The van der Waals surface area contributed by atoms with Gasteiger partial charge in [-0.15, -0.1) is 0 Å². The van der Waals surface area contributed by atoms with Gasteiger partial charge in [0.1, 0.15) is 6.04 Å². The van der Waals surface area contributed by atoms with Gasteiger partial charge in [0.15, 0.2) is 0 Å². The molecule has 1 atom stereocenters. The summed E-state index contributed by atoms with van der Waals surface area (Å²) in [6.07, 6.45) is -4.40. The Morgan fingerprint density at radius 1 is 1.15 bits per heavy atom. The summed E-state index contributed by atoms with van der Waals surface area (Å²) in [4.78, 5) is 11.5. The maximum Gasteiger partial charge on any atom is 0.401 e. The third-order valence-corrected chi connectivity index (χ3v) is 2.93. The van der Waals surface area contributed by atoms with Gasteiger partial charge in [-0.2, -0.15) is 13.2 Å². The Balaban J connectivity index is 2.39. The van der Waals surface area contributed by atoms with Gasteiger partial charge in [0.05, 0.1) is 6.54 Å². The Hall–Kier alpha value is -2.08. The maximum absolute atomic E-state index is 12.3. The molecule has 1 amide bonds. The number of rotatable bonds is 4. The summed E-state index contributed by atoms with van der Waals surface area (Å²) < 4.78 is 36.9. The summed E-state index contributed by atoms with van der Waals surface area (Å²) in [6, 6.07) is 11.1. The molecular weight excluding hydrogens is 269 g/mol. The standard InChI is InChI=1S/C14H13F3N2O/c15-14(16,17)8-19-12(13(18)20)11-7-3-5-9-4-1-2-6-10(9)11/h1-7,12,19H,8H2,(H2,18,20). The minimum atomic E-state index is -4.40. The molecule has 0 spiro atoms. The van der Waals surface area contributed by atoms with E-state index in [1.165, 1.54) is 0 Å². The molecule has 0 fully saturated rings. The van der Waals surface area contributed by atoms with E-state index in [1.807, 2.05) is 18.2 Å². The van der Waals surface area contributed by atoms with Crippen molar-refractivity contribution in [3.05, 3.63) is 48.0 Å². The smallest absolute Gasteiger partial charge is 0.368 e. The number of hydrogen-bond donors (Lipinski definition) is 2. The lowest BCUT2D eigenvalue weighted by molar-refractivity contribution is -0.130. The quantitative estimate of drug-likeness (QED) is 0.905. The van der Waals surface area contributed by atoms with E-state index in [0.29, 0.717) is 10.9 Å². The molecule has 0 aromatic heterocycles. The summed E-state index contributed by atoms with van der Waals surface area (Å²) >= 11 is 0. The van der Waals surface area contributed by atoms with Gasteiger partial charge in [-0.05, 0) is 16.3 Å². The van der Waals surface area contributed by atoms with Crippen LogP contribution in [0, 0.1) is 0 Å². The van der Waals surface area contributed by atoms with Crippen molar-refractivity contribution in [1.82, 2.24) is 5.32 Å². The minimum absolute atomic E-state index is 0.444. The fourth-order valence-corrected chi connectivity index (χ4v) is 2.08. The predicted molar refractivity (Wildman–Crippen MR) is 69.9 cm³/mol. The van der Waals surface area contributed by atoms with Crippen molar-refractivity contribution in [2.45, 2.75) is 12.2 Å². The monoisotopic (exact) mass is 282 g/mol. The van der Waals surface area contributed by atoms with E-state index in [9.17, 15) is 18.0 Å². The molecule has 0 saturated heterocycles. The number of primary amides is 1. The number of carbonyl (C=O) groups excluding carboxylic acids is 1. The average Bonchev–Trinajstić information content (AvgIpc) is 2.37. The summed E-state index contributed by atoms with van der Waals surface area (Å²) in [5.41, 5.74) is 5.66. The average molecular weight is 282 g/mol. The number of nitrogens with one attached hydrogen (secondary N) is 1. The molecule has 3 nitrogen and oxygen atoms in total. The lowest BCUT2D eigenvalue weighted by Gasteiger charge is -2.18. The van der Waals surface area contributed by atoms with Crippen LogP contribution in [-0.4, -0.2) is 18.6 Å². The van der Waals surface area contributed by atoms with E-state index in [2.05, 4.69) is 5.32 Å². The van der Waals surface area contributed by atoms with E-state index in [0.717, 1.165) is 5.39 Å². The fraction of sp³-hybridized carbons (Fsp3) is 0.214. The number of benzene rings is 2. The zero-order chi connectivity index (χ0) is 14.8. The predicted octanol–water partition coefficient (Wildman–Crippen LogP) is 2.52. The first kappa shape index (κ1) is 14.3. The Kier molecular flexibility index (Phi) is 3.94. The Bertz CT molecular complexity index is 620. The minimum Gasteiger partial charge on any atom is -0.368 e. The van der Waals surface area contributed by atoms with Gasteiger partial charge in [-0.25, -0.2) is 0 Å². The normalized spacial score (nSPS) is 13.3. The van der Waals surface area contributed by atoms with Gasteiger partial charge in [-0.1, -0.05) is 42.5 Å². The van der Waals surface area contributed by atoms with Crippen LogP contribution in [0.1, 0.15) is 11.6 Å². The van der Waals surface area contributed by atoms with Crippen LogP contribution in [0.25, 0.3) is 10.8 Å². The van der Waals surface area contributed by atoms with Crippen molar-refractivity contribution >= 4 is 16.7 Å². The van der Waals surface area contributed by atoms with Crippen LogP contribution < -0.4 is 11.1 Å². The van der Waals surface area contributed by atoms with Crippen LogP contribution in [0.3, 0.4) is 0 Å². The topological polar surface area (TPSA) is 55.1 Å². The van der Waals surface area contributed by atoms with Gasteiger partial charge >= 0.3 is 6.18 Å². The highest BCUT2D eigenvalue weighted by Crippen LogP contribution is 2.25. The van der Waals surface area contributed by atoms with Crippen LogP contribution in [0.2, 0.25) is 0 Å². The van der Waals surface area contributed by atoms with Gasteiger partial charge < -0.3 is 5.73 Å². The largest absolute Gasteiger partial charge is 0.401 e. The molecule has 2 aromatic rings. The molecule has 1 unspecified atom stereocenters. The Labute approximate surface area is 113 Å². The van der Waals surface area contributed by atoms with Crippen LogP contribution >= 0.6 is 0 Å². The lowest BCUT2D eigenvalue weighted by atomic mass is 9.98. The molecule has 3 N–H and O–H groups in total. The second-order valence-electron chi connectivity index (χ2n) is 4.40. The second kappa shape index (κ2) is 5.50. The van der Waals surface area contributed by atoms with Gasteiger partial charge in [-0.3, -0.25) is 10.1 Å². The number of carbonyl (C=O) groups is 1. The third kappa shape index (κ3) is 3.27. The van der Waals surface area contributed by atoms with Crippen molar-refractivity contribution in [2.24, 2.45) is 5.73 Å². The highest BCUT2D eigenvalue weighted by molar-refractivity contribution is 5.92. The van der Waals surface area contributed by atoms with Crippen molar-refractivity contribution in [3.63, 3.8) is 0 Å². The molecule has 106 valence electrons. The van der Waals surface area contributed by atoms with E-state index < -0.39 is 24.7 Å². The molecule has 0 aliphatic heterocycles. The number of fused-ring (bicyclic) bond motifs is 1. The van der Waals surface area contributed by atoms with E-state index in [-0.39, 0.29) is 0 Å². The van der Waals surface area contributed by atoms with Crippen LogP contribution in [-0.2, 0) is 4.79 Å². The first-order valence-corrected chi connectivity index (χ1v) is 5.95. The van der Waals surface area contributed by atoms with E-state index >= 15 is 0 Å². The molecule has 0 aliphatic carbocycles. The summed E-state index contributed by atoms with van der Waals surface area (Å²) in [5, 5.41) is 3.71. The number of halogens is 3. The second-order valence-corrected chi connectivity index (χ2v) is 4.40. The third-order valence-electron chi connectivity index (χ3n) is 2.93. The number of alkyl halides is 3. The molecule has 0 radical (unpaired) electrons. The molecule has 0 bridgehead atoms. The van der Waals surface area contributed by atoms with E-state index in [4.69, 9.17) is 5.73 Å². The molecule has 0 heterocycles. The Morgan fingerprint density at radius 3 is 2.45 bits per heavy atom. The molecule has 2 aromatic carbocycles. The van der Waals surface area contributed by atoms with E-state index in [1.54, 1.807) is 24.3 Å². The summed E-state index contributed by atoms with van der Waals surface area (Å²) in [7, 11) is 0. The van der Waals surface area contributed by atoms with Crippen LogP contribution in [0.15, 0.2) is 42.5 Å². The highest BCUT2D eigenvalue weighted by Gasteiger charge is 2.30. The number of nitrogens with two attached hydrogens (primary N) is 1. The van der Waals surface area contributed by atoms with Crippen LogP contribution in [0.4, 0.5) is 13.2 Å². The van der Waals surface area contributed by atoms with Crippen LogP contribution in [0.5, 0.6) is 0 Å². The zero-order valence-electron chi connectivity index (χ0n) is 10.4. The SMILES string of the molecule is NC(=O)C(NCC(F)(F)F)c1cccc2ccccc12. The van der Waals surface area contributed by atoms with Crippen molar-refractivity contribution in [1.29, 1.82) is 0 Å². The molecule has 6 heteroatoms. The lowest BCUT2D eigenvalue weighted by Crippen LogP contribution is -2.39. The number of hydrogen-bond acceptors (Lipinski definition) is 2. The van der Waals surface area contributed by atoms with Crippen molar-refractivity contribution < 1.29 is 18.0 Å². The van der Waals surface area contributed by atoms with Gasteiger partial charge in [0.2, 0.25) is 5.91 Å². The molecule has 0 saturated carbocycles. The van der Waals surface area contributed by atoms with Gasteiger partial charge in [0.25, 0.3) is 0 Å². The molecular formula is C14H13F3N2O. The van der Waals surface area contributed by atoms with Gasteiger partial charge in [0, 0.05) is 0 Å². The highest BCUT2D eigenvalue weighted by atomic mass is 19.4. The summed E-state index contributed by atoms with van der Waals surface area (Å²) in [5.74, 6) is -0.842. The first-order valence-electron chi connectivity index (χ1n) is 5.95. The van der Waals surface area contributed by atoms with Crippen molar-refractivity contribution in [2.75, 3.05) is 6.54 Å². The fourth-order valence-electron chi connectivity index (χ4n) is 2.08. The first-order chi connectivity index (χ1) is 9.38. The number of amides is 1. The Morgan fingerprint density at radius 2 is 1.80 bits per heavy atom. The zero-order valence-corrected chi connectivity index (χ0v) is 10.4. The molecule has 0 aliphatic rings.